The first-order chi connectivity index (χ1) is 12.1. The van der Waals surface area contributed by atoms with Crippen molar-refractivity contribution in [3.8, 4) is 11.5 Å². The molecule has 3 rings (SSSR count). The van der Waals surface area contributed by atoms with Gasteiger partial charge in [0, 0.05) is 12.6 Å². The average molecular weight is 358 g/mol. The van der Waals surface area contributed by atoms with Crippen LogP contribution in [0.25, 0.3) is 10.2 Å². The molecule has 0 aliphatic heterocycles. The number of anilines is 2. The molecule has 0 radical (unpaired) electrons. The number of hydrogen-bond acceptors (Lipinski definition) is 7. The van der Waals surface area contributed by atoms with Crippen molar-refractivity contribution in [2.24, 2.45) is 0 Å². The second-order valence-electron chi connectivity index (χ2n) is 5.87. The molecule has 132 valence electrons. The van der Waals surface area contributed by atoms with Crippen molar-refractivity contribution in [1.82, 2.24) is 9.97 Å². The molecule has 7 heteroatoms. The lowest BCUT2D eigenvalue weighted by Crippen LogP contribution is -2.13. The quantitative estimate of drug-likeness (QED) is 0.661. The third-order valence-electron chi connectivity index (χ3n) is 3.63. The molecule has 0 saturated heterocycles. The Kier molecular flexibility index (Phi) is 5.23. The van der Waals surface area contributed by atoms with Crippen LogP contribution in [0.3, 0.4) is 0 Å². The molecule has 0 aliphatic rings. The number of thiophene rings is 1. The van der Waals surface area contributed by atoms with Crippen LogP contribution in [0.2, 0.25) is 0 Å². The molecule has 2 aromatic heterocycles. The highest BCUT2D eigenvalue weighted by Crippen LogP contribution is 2.30. The van der Waals surface area contributed by atoms with E-state index in [0.29, 0.717) is 18.2 Å². The minimum absolute atomic E-state index is 0.273. The largest absolute Gasteiger partial charge is 0.493 e. The Labute approximate surface area is 151 Å². The van der Waals surface area contributed by atoms with Crippen LogP contribution in [0.5, 0.6) is 11.5 Å². The molecule has 0 aliphatic carbocycles. The third kappa shape index (κ3) is 3.93. The number of benzene rings is 1. The van der Waals surface area contributed by atoms with Crippen LogP contribution in [0, 0.1) is 0 Å². The highest BCUT2D eigenvalue weighted by molar-refractivity contribution is 7.17. The fourth-order valence-corrected chi connectivity index (χ4v) is 3.28. The van der Waals surface area contributed by atoms with E-state index in [9.17, 15) is 0 Å². The average Bonchev–Trinajstić information content (AvgIpc) is 3.07. The van der Waals surface area contributed by atoms with E-state index in [-0.39, 0.29) is 6.04 Å². The zero-order chi connectivity index (χ0) is 17.8. The van der Waals surface area contributed by atoms with Crippen molar-refractivity contribution in [3.05, 3.63) is 35.2 Å². The highest BCUT2D eigenvalue weighted by atomic mass is 32.1. The summed E-state index contributed by atoms with van der Waals surface area (Å²) in [4.78, 5) is 9.18. The first-order valence-corrected chi connectivity index (χ1v) is 8.95. The second-order valence-corrected chi connectivity index (χ2v) is 6.79. The van der Waals surface area contributed by atoms with Crippen LogP contribution < -0.4 is 20.1 Å². The second kappa shape index (κ2) is 7.57. The topological polar surface area (TPSA) is 68.3 Å². The predicted octanol–water partition coefficient (Wildman–Crippen LogP) is 4.14. The number of hydrogen-bond donors (Lipinski definition) is 2. The van der Waals surface area contributed by atoms with Crippen LogP contribution in [0.1, 0.15) is 19.4 Å². The van der Waals surface area contributed by atoms with Gasteiger partial charge >= 0.3 is 0 Å². The van der Waals surface area contributed by atoms with Crippen molar-refractivity contribution in [3.63, 3.8) is 0 Å². The molecule has 0 atom stereocenters. The first kappa shape index (κ1) is 17.3. The van der Waals surface area contributed by atoms with Crippen LogP contribution in [-0.2, 0) is 6.54 Å². The van der Waals surface area contributed by atoms with Crippen LogP contribution in [0.4, 0.5) is 11.8 Å². The monoisotopic (exact) mass is 358 g/mol. The standard InChI is InChI=1S/C18H22N4O2S/c1-11(2)20-18-21-13-7-8-25-16(13)17(22-18)19-10-12-5-6-14(23-3)15(9-12)24-4/h5-9,11H,10H2,1-4H3,(H2,19,20,21,22). The zero-order valence-electron chi connectivity index (χ0n) is 14.8. The summed E-state index contributed by atoms with van der Waals surface area (Å²) in [6.07, 6.45) is 0. The summed E-state index contributed by atoms with van der Waals surface area (Å²) in [5.41, 5.74) is 2.03. The van der Waals surface area contributed by atoms with Crippen molar-refractivity contribution in [2.45, 2.75) is 26.4 Å². The Bertz CT molecular complexity index is 863. The number of aromatic nitrogens is 2. The van der Waals surface area contributed by atoms with Gasteiger partial charge in [-0.25, -0.2) is 4.98 Å². The first-order valence-electron chi connectivity index (χ1n) is 8.07. The third-order valence-corrected chi connectivity index (χ3v) is 4.54. The molecule has 0 bridgehead atoms. The SMILES string of the molecule is COc1ccc(CNc2nc(NC(C)C)nc3ccsc23)cc1OC. The van der Waals surface area contributed by atoms with Crippen molar-refractivity contribution < 1.29 is 9.47 Å². The predicted molar refractivity (Wildman–Crippen MR) is 103 cm³/mol. The fraction of sp³-hybridized carbons (Fsp3) is 0.333. The van der Waals surface area contributed by atoms with E-state index in [2.05, 4.69) is 34.4 Å². The molecule has 25 heavy (non-hydrogen) atoms. The molecule has 0 unspecified atom stereocenters. The summed E-state index contributed by atoms with van der Waals surface area (Å²) in [5, 5.41) is 8.71. The molecule has 6 nitrogen and oxygen atoms in total. The molecular weight excluding hydrogens is 336 g/mol. The molecule has 0 fully saturated rings. The Morgan fingerprint density at radius 3 is 2.60 bits per heavy atom. The molecule has 0 amide bonds. The van der Waals surface area contributed by atoms with Gasteiger partial charge in [0.1, 0.15) is 5.82 Å². The van der Waals surface area contributed by atoms with E-state index in [1.54, 1.807) is 25.6 Å². The Morgan fingerprint density at radius 2 is 1.88 bits per heavy atom. The van der Waals surface area contributed by atoms with Crippen molar-refractivity contribution >= 4 is 33.3 Å². The van der Waals surface area contributed by atoms with Gasteiger partial charge in [0.15, 0.2) is 11.5 Å². The van der Waals surface area contributed by atoms with Gasteiger partial charge in [0.2, 0.25) is 5.95 Å². The lowest BCUT2D eigenvalue weighted by atomic mass is 10.2. The lowest BCUT2D eigenvalue weighted by molar-refractivity contribution is 0.354. The highest BCUT2D eigenvalue weighted by Gasteiger charge is 2.10. The number of fused-ring (bicyclic) bond motifs is 1. The maximum atomic E-state index is 5.36. The normalized spacial score (nSPS) is 10.9. The van der Waals surface area contributed by atoms with Crippen molar-refractivity contribution in [1.29, 1.82) is 0 Å². The van der Waals surface area contributed by atoms with E-state index in [1.165, 1.54) is 0 Å². The van der Waals surface area contributed by atoms with E-state index in [0.717, 1.165) is 27.3 Å². The number of nitrogens with one attached hydrogen (secondary N) is 2. The molecule has 0 spiro atoms. The van der Waals surface area contributed by atoms with Crippen LogP contribution >= 0.6 is 11.3 Å². The maximum absolute atomic E-state index is 5.36. The number of ether oxygens (including phenoxy) is 2. The number of methoxy groups -OCH3 is 2. The van der Waals surface area contributed by atoms with Gasteiger partial charge in [0.05, 0.1) is 24.4 Å². The van der Waals surface area contributed by atoms with Gasteiger partial charge in [-0.1, -0.05) is 6.07 Å². The smallest absolute Gasteiger partial charge is 0.225 e. The molecule has 0 saturated carbocycles. The molecule has 2 N–H and O–H groups in total. The minimum Gasteiger partial charge on any atom is -0.493 e. The maximum Gasteiger partial charge on any atom is 0.225 e. The van der Waals surface area contributed by atoms with Gasteiger partial charge in [-0.2, -0.15) is 4.98 Å². The van der Waals surface area contributed by atoms with Gasteiger partial charge in [0.25, 0.3) is 0 Å². The summed E-state index contributed by atoms with van der Waals surface area (Å²) in [6.45, 7) is 4.77. The van der Waals surface area contributed by atoms with Crippen LogP contribution in [-0.4, -0.2) is 30.2 Å². The van der Waals surface area contributed by atoms with Crippen LogP contribution in [0.15, 0.2) is 29.6 Å². The Morgan fingerprint density at radius 1 is 1.08 bits per heavy atom. The number of rotatable bonds is 7. The molecule has 3 aromatic rings. The Balaban J connectivity index is 1.84. The Hall–Kier alpha value is -2.54. The van der Waals surface area contributed by atoms with Gasteiger partial charge in [-0.3, -0.25) is 0 Å². The number of nitrogens with zero attached hydrogens (tertiary/aromatic N) is 2. The van der Waals surface area contributed by atoms with E-state index in [1.807, 2.05) is 29.6 Å². The summed E-state index contributed by atoms with van der Waals surface area (Å²) in [6, 6.07) is 8.16. The van der Waals surface area contributed by atoms with Gasteiger partial charge in [-0.05, 0) is 43.0 Å². The van der Waals surface area contributed by atoms with Crippen molar-refractivity contribution in [2.75, 3.05) is 24.9 Å². The molecule has 2 heterocycles. The van der Waals surface area contributed by atoms with E-state index >= 15 is 0 Å². The molecular formula is C18H22N4O2S. The summed E-state index contributed by atoms with van der Waals surface area (Å²) in [7, 11) is 3.27. The van der Waals surface area contributed by atoms with E-state index < -0.39 is 0 Å². The lowest BCUT2D eigenvalue weighted by Gasteiger charge is -2.13. The summed E-state index contributed by atoms with van der Waals surface area (Å²) in [5.74, 6) is 2.90. The summed E-state index contributed by atoms with van der Waals surface area (Å²) >= 11 is 1.63. The van der Waals surface area contributed by atoms with Gasteiger partial charge in [-0.15, -0.1) is 11.3 Å². The zero-order valence-corrected chi connectivity index (χ0v) is 15.6. The minimum atomic E-state index is 0.273. The fourth-order valence-electron chi connectivity index (χ4n) is 2.48. The molecule has 1 aromatic carbocycles. The summed E-state index contributed by atoms with van der Waals surface area (Å²) < 4.78 is 11.7. The van der Waals surface area contributed by atoms with E-state index in [4.69, 9.17) is 9.47 Å². The van der Waals surface area contributed by atoms with Gasteiger partial charge < -0.3 is 20.1 Å².